The predicted molar refractivity (Wildman–Crippen MR) is 100 cm³/mol. The van der Waals surface area contributed by atoms with E-state index in [0.717, 1.165) is 12.1 Å². The maximum atomic E-state index is 12.5. The summed E-state index contributed by atoms with van der Waals surface area (Å²) in [4.78, 5) is 26.7. The number of amides is 1. The van der Waals surface area contributed by atoms with E-state index in [4.69, 9.17) is 4.52 Å². The van der Waals surface area contributed by atoms with Crippen LogP contribution in [0.1, 0.15) is 35.9 Å². The molecule has 3 aromatic rings. The van der Waals surface area contributed by atoms with Crippen LogP contribution in [0.4, 0.5) is 11.6 Å². The van der Waals surface area contributed by atoms with Crippen molar-refractivity contribution in [3.63, 3.8) is 0 Å². The van der Waals surface area contributed by atoms with Gasteiger partial charge in [-0.3, -0.25) is 4.79 Å². The van der Waals surface area contributed by atoms with Gasteiger partial charge in [-0.25, -0.2) is 9.97 Å². The maximum Gasteiger partial charge on any atom is 0.257 e. The fourth-order valence-corrected chi connectivity index (χ4v) is 2.45. The molecule has 1 aromatic carbocycles. The number of hydrogen-bond donors (Lipinski definition) is 1. The molecule has 0 saturated heterocycles. The molecule has 1 N–H and O–H groups in total. The SMILES string of the molecule is CC(C)Cc1noc(CN(C)C(=O)c2cnc(Nc3ccccc3)nc2)n1. The third kappa shape index (κ3) is 5.10. The third-order valence-electron chi connectivity index (χ3n) is 3.75. The van der Waals surface area contributed by atoms with Gasteiger partial charge in [0.1, 0.15) is 0 Å². The van der Waals surface area contributed by atoms with Crippen molar-refractivity contribution < 1.29 is 9.32 Å². The first kappa shape index (κ1) is 18.5. The Bertz CT molecular complexity index is 877. The van der Waals surface area contributed by atoms with E-state index in [9.17, 15) is 4.79 Å². The van der Waals surface area contributed by atoms with E-state index in [1.807, 2.05) is 30.3 Å². The maximum absolute atomic E-state index is 12.5. The third-order valence-corrected chi connectivity index (χ3v) is 3.75. The molecule has 0 aliphatic heterocycles. The van der Waals surface area contributed by atoms with E-state index in [1.54, 1.807) is 7.05 Å². The highest BCUT2D eigenvalue weighted by atomic mass is 16.5. The number of rotatable bonds is 7. The lowest BCUT2D eigenvalue weighted by molar-refractivity contribution is 0.0768. The van der Waals surface area contributed by atoms with Crippen LogP contribution < -0.4 is 5.32 Å². The molecule has 0 aliphatic rings. The van der Waals surface area contributed by atoms with Crippen LogP contribution in [0.25, 0.3) is 0 Å². The van der Waals surface area contributed by atoms with Crippen molar-refractivity contribution >= 4 is 17.5 Å². The predicted octanol–water partition coefficient (Wildman–Crippen LogP) is 3.07. The van der Waals surface area contributed by atoms with Crippen LogP contribution in [0, 0.1) is 5.92 Å². The first-order valence-corrected chi connectivity index (χ1v) is 8.72. The molecule has 1 amide bonds. The van der Waals surface area contributed by atoms with Gasteiger partial charge in [0.2, 0.25) is 11.8 Å². The Morgan fingerprint density at radius 2 is 1.89 bits per heavy atom. The Hall–Kier alpha value is -3.29. The van der Waals surface area contributed by atoms with Crippen molar-refractivity contribution in [2.24, 2.45) is 5.92 Å². The number of nitrogens with one attached hydrogen (secondary N) is 1. The lowest BCUT2D eigenvalue weighted by Gasteiger charge is -2.14. The van der Waals surface area contributed by atoms with Crippen LogP contribution in [-0.4, -0.2) is 38.0 Å². The number of nitrogens with zero attached hydrogens (tertiary/aromatic N) is 5. The van der Waals surface area contributed by atoms with Crippen molar-refractivity contribution in [1.82, 2.24) is 25.0 Å². The normalized spacial score (nSPS) is 10.8. The second-order valence-electron chi connectivity index (χ2n) is 6.65. The van der Waals surface area contributed by atoms with Crippen LogP contribution >= 0.6 is 0 Å². The summed E-state index contributed by atoms with van der Waals surface area (Å²) in [5.41, 5.74) is 1.26. The highest BCUT2D eigenvalue weighted by Crippen LogP contribution is 2.13. The van der Waals surface area contributed by atoms with Gasteiger partial charge < -0.3 is 14.7 Å². The highest BCUT2D eigenvalue weighted by molar-refractivity contribution is 5.93. The van der Waals surface area contributed by atoms with E-state index in [1.165, 1.54) is 17.3 Å². The number of para-hydroxylation sites is 1. The molecule has 2 heterocycles. The Labute approximate surface area is 157 Å². The molecular weight excluding hydrogens is 344 g/mol. The van der Waals surface area contributed by atoms with Crippen LogP contribution in [0.2, 0.25) is 0 Å². The molecule has 0 saturated carbocycles. The largest absolute Gasteiger partial charge is 0.337 e. The van der Waals surface area contributed by atoms with Gasteiger partial charge in [-0.05, 0) is 18.1 Å². The van der Waals surface area contributed by atoms with Crippen molar-refractivity contribution in [3.05, 3.63) is 60.0 Å². The fraction of sp³-hybridized carbons (Fsp3) is 0.316. The number of benzene rings is 1. The van der Waals surface area contributed by atoms with Gasteiger partial charge in [0, 0.05) is 31.5 Å². The van der Waals surface area contributed by atoms with E-state index < -0.39 is 0 Å². The molecule has 0 unspecified atom stereocenters. The zero-order valence-electron chi connectivity index (χ0n) is 15.6. The molecule has 8 nitrogen and oxygen atoms in total. The highest BCUT2D eigenvalue weighted by Gasteiger charge is 2.17. The summed E-state index contributed by atoms with van der Waals surface area (Å²) in [5, 5.41) is 7.01. The molecule has 0 bridgehead atoms. The summed E-state index contributed by atoms with van der Waals surface area (Å²) in [6, 6.07) is 9.58. The average Bonchev–Trinajstić information content (AvgIpc) is 3.08. The van der Waals surface area contributed by atoms with Gasteiger partial charge in [0.15, 0.2) is 5.82 Å². The molecule has 140 valence electrons. The van der Waals surface area contributed by atoms with Gasteiger partial charge in [0.25, 0.3) is 5.91 Å². The summed E-state index contributed by atoms with van der Waals surface area (Å²) in [7, 11) is 1.67. The molecule has 0 aliphatic carbocycles. The molecule has 0 atom stereocenters. The summed E-state index contributed by atoms with van der Waals surface area (Å²) in [5.74, 6) is 1.71. The van der Waals surface area contributed by atoms with Crippen LogP contribution in [0.3, 0.4) is 0 Å². The standard InChI is InChI=1S/C19H22N6O2/c1-13(2)9-16-23-17(27-24-16)12-25(3)18(26)14-10-20-19(21-11-14)22-15-7-5-4-6-8-15/h4-8,10-11,13H,9,12H2,1-3H3,(H,20,21,22). The molecule has 27 heavy (non-hydrogen) atoms. The Morgan fingerprint density at radius 1 is 1.19 bits per heavy atom. The minimum Gasteiger partial charge on any atom is -0.337 e. The topological polar surface area (TPSA) is 97.0 Å². The van der Waals surface area contributed by atoms with Crippen molar-refractivity contribution in [3.8, 4) is 0 Å². The summed E-state index contributed by atoms with van der Waals surface area (Å²) in [6.45, 7) is 4.40. The summed E-state index contributed by atoms with van der Waals surface area (Å²) >= 11 is 0. The van der Waals surface area contributed by atoms with Crippen LogP contribution in [-0.2, 0) is 13.0 Å². The smallest absolute Gasteiger partial charge is 0.257 e. The molecular formula is C19H22N6O2. The quantitative estimate of drug-likeness (QED) is 0.686. The molecule has 8 heteroatoms. The Balaban J connectivity index is 1.60. The van der Waals surface area contributed by atoms with E-state index in [0.29, 0.717) is 29.1 Å². The lowest BCUT2D eigenvalue weighted by atomic mass is 10.1. The first-order valence-electron chi connectivity index (χ1n) is 8.72. The van der Waals surface area contributed by atoms with E-state index in [-0.39, 0.29) is 12.5 Å². The van der Waals surface area contributed by atoms with E-state index >= 15 is 0 Å². The summed E-state index contributed by atoms with van der Waals surface area (Å²) in [6.07, 6.45) is 3.73. The second-order valence-corrected chi connectivity index (χ2v) is 6.65. The van der Waals surface area contributed by atoms with E-state index in [2.05, 4.69) is 39.3 Å². The zero-order valence-corrected chi connectivity index (χ0v) is 15.6. The minimum absolute atomic E-state index is 0.218. The molecule has 0 spiro atoms. The number of hydrogen-bond acceptors (Lipinski definition) is 7. The number of carbonyl (C=O) groups is 1. The van der Waals surface area contributed by atoms with Gasteiger partial charge >= 0.3 is 0 Å². The lowest BCUT2D eigenvalue weighted by Crippen LogP contribution is -2.26. The molecule has 0 fully saturated rings. The fourth-order valence-electron chi connectivity index (χ4n) is 2.45. The zero-order chi connectivity index (χ0) is 19.2. The first-order chi connectivity index (χ1) is 13.0. The molecule has 0 radical (unpaired) electrons. The number of carbonyl (C=O) groups excluding carboxylic acids is 1. The van der Waals surface area contributed by atoms with Crippen molar-refractivity contribution in [2.45, 2.75) is 26.8 Å². The summed E-state index contributed by atoms with van der Waals surface area (Å²) < 4.78 is 5.21. The van der Waals surface area contributed by atoms with Crippen molar-refractivity contribution in [1.29, 1.82) is 0 Å². The monoisotopic (exact) mass is 366 g/mol. The number of anilines is 2. The van der Waals surface area contributed by atoms with Crippen LogP contribution in [0.5, 0.6) is 0 Å². The molecule has 3 rings (SSSR count). The van der Waals surface area contributed by atoms with Gasteiger partial charge in [-0.15, -0.1) is 0 Å². The number of aromatic nitrogens is 4. The van der Waals surface area contributed by atoms with Crippen molar-refractivity contribution in [2.75, 3.05) is 12.4 Å². The van der Waals surface area contributed by atoms with Gasteiger partial charge in [0.05, 0.1) is 12.1 Å². The molecule has 2 aromatic heterocycles. The average molecular weight is 366 g/mol. The van der Waals surface area contributed by atoms with Gasteiger partial charge in [-0.1, -0.05) is 37.2 Å². The Morgan fingerprint density at radius 3 is 2.56 bits per heavy atom. The van der Waals surface area contributed by atoms with Crippen LogP contribution in [0.15, 0.2) is 47.2 Å². The second kappa shape index (κ2) is 8.39. The van der Waals surface area contributed by atoms with Gasteiger partial charge in [-0.2, -0.15) is 4.98 Å². The Kier molecular flexibility index (Phi) is 5.75. The minimum atomic E-state index is -0.218.